The van der Waals surface area contributed by atoms with Gasteiger partial charge in [0.2, 0.25) is 0 Å². The number of nitrogens with zero attached hydrogens (tertiary/aromatic N) is 3. The minimum absolute atomic E-state index is 0.145. The van der Waals surface area contributed by atoms with E-state index in [-0.39, 0.29) is 55.5 Å². The molecule has 7 rings (SSSR count). The Balaban J connectivity index is 1.12. The minimum Gasteiger partial charge on any atom is -0.489 e. The summed E-state index contributed by atoms with van der Waals surface area (Å²) in [6.07, 6.45) is 1.88. The molecule has 3 aliphatic rings. The summed E-state index contributed by atoms with van der Waals surface area (Å²) < 4.78 is 54.9. The van der Waals surface area contributed by atoms with Crippen molar-refractivity contribution in [1.82, 2.24) is 14.7 Å². The Morgan fingerprint density at radius 3 is 0.796 bits per heavy atom. The number of rotatable bonds is 21. The fourth-order valence-electron chi connectivity index (χ4n) is 11.9. The van der Waals surface area contributed by atoms with Crippen molar-refractivity contribution in [3.05, 3.63) is 124 Å². The van der Waals surface area contributed by atoms with Crippen molar-refractivity contribution in [3.8, 4) is 17.2 Å². The highest BCUT2D eigenvalue weighted by molar-refractivity contribution is 5.76. The molecule has 4 aromatic carbocycles. The van der Waals surface area contributed by atoms with Gasteiger partial charge >= 0.3 is 36.2 Å². The third kappa shape index (κ3) is 24.1. The van der Waals surface area contributed by atoms with Crippen LogP contribution in [0.5, 0.6) is 17.2 Å². The van der Waals surface area contributed by atoms with Crippen molar-refractivity contribution >= 4 is 36.2 Å². The van der Waals surface area contributed by atoms with E-state index < -0.39 is 69.6 Å². The molecule has 3 fully saturated rings. The fraction of sp³-hybridized carbons (Fsp3) is 0.600. The molecule has 0 aromatic heterocycles. The van der Waals surface area contributed by atoms with Gasteiger partial charge < -0.3 is 57.3 Å². The molecule has 0 radical (unpaired) electrons. The summed E-state index contributed by atoms with van der Waals surface area (Å²) >= 11 is 0. The number of ether oxygens (including phenoxy) is 9. The molecule has 6 atom stereocenters. The Hall–Kier alpha value is -7.50. The van der Waals surface area contributed by atoms with E-state index in [4.69, 9.17) is 42.6 Å². The lowest BCUT2D eigenvalue weighted by Gasteiger charge is -2.28. The zero-order chi connectivity index (χ0) is 68.4. The van der Waals surface area contributed by atoms with Gasteiger partial charge in [-0.05, 0) is 214 Å². The topological polar surface area (TPSA) is 195 Å². The summed E-state index contributed by atoms with van der Waals surface area (Å²) in [5, 5.41) is 0. The number of hydrogen-bond acceptors (Lipinski definition) is 15. The first kappa shape index (κ1) is 72.9. The Kier molecular flexibility index (Phi) is 23.7. The second kappa shape index (κ2) is 30.3. The van der Waals surface area contributed by atoms with Gasteiger partial charge in [0.1, 0.15) is 70.7 Å². The van der Waals surface area contributed by atoms with Crippen molar-refractivity contribution < 1.29 is 71.4 Å². The van der Waals surface area contributed by atoms with Gasteiger partial charge in [-0.2, -0.15) is 0 Å². The Morgan fingerprint density at radius 2 is 0.570 bits per heavy atom. The van der Waals surface area contributed by atoms with Gasteiger partial charge in [-0.1, -0.05) is 72.8 Å². The van der Waals surface area contributed by atoms with E-state index in [9.17, 15) is 28.8 Å². The summed E-state index contributed by atoms with van der Waals surface area (Å²) in [4.78, 5) is 86.5. The molecule has 3 heterocycles. The zero-order valence-corrected chi connectivity index (χ0v) is 58.7. The van der Waals surface area contributed by atoms with Gasteiger partial charge in [0, 0.05) is 57.5 Å². The second-order valence-corrected chi connectivity index (χ2v) is 31.4. The predicted octanol–water partition coefficient (Wildman–Crippen LogP) is 14.7. The average Bonchev–Trinajstić information content (AvgIpc) is 1.78. The van der Waals surface area contributed by atoms with Crippen LogP contribution in [0.1, 0.15) is 177 Å². The number of benzene rings is 4. The van der Waals surface area contributed by atoms with E-state index in [0.717, 1.165) is 33.4 Å². The van der Waals surface area contributed by atoms with Crippen LogP contribution in [-0.4, -0.2) is 124 Å². The molecule has 0 spiro atoms. The van der Waals surface area contributed by atoms with Crippen LogP contribution in [0.15, 0.2) is 91.0 Å². The van der Waals surface area contributed by atoms with Crippen LogP contribution in [-0.2, 0) is 81.9 Å². The number of esters is 3. The van der Waals surface area contributed by atoms with Crippen molar-refractivity contribution in [2.24, 2.45) is 35.5 Å². The molecule has 0 unspecified atom stereocenters. The molecular weight excluding hydrogens is 1180 g/mol. The molecule has 0 saturated carbocycles. The van der Waals surface area contributed by atoms with Crippen LogP contribution in [0.25, 0.3) is 0 Å². The van der Waals surface area contributed by atoms with Crippen LogP contribution < -0.4 is 14.2 Å². The lowest BCUT2D eigenvalue weighted by atomic mass is 9.85. The smallest absolute Gasteiger partial charge is 0.410 e. The lowest BCUT2D eigenvalue weighted by Crippen LogP contribution is -2.38. The van der Waals surface area contributed by atoms with Crippen LogP contribution >= 0.6 is 0 Å². The lowest BCUT2D eigenvalue weighted by molar-refractivity contribution is -0.163. The summed E-state index contributed by atoms with van der Waals surface area (Å²) in [5.74, 6) is -1.50. The van der Waals surface area contributed by atoms with Gasteiger partial charge in [-0.15, -0.1) is 0 Å². The molecule has 0 N–H and O–H groups in total. The van der Waals surface area contributed by atoms with Gasteiger partial charge in [-0.3, -0.25) is 14.4 Å². The van der Waals surface area contributed by atoms with Crippen LogP contribution in [0, 0.1) is 35.5 Å². The zero-order valence-electron chi connectivity index (χ0n) is 58.7. The third-order valence-electron chi connectivity index (χ3n) is 15.9. The molecule has 18 nitrogen and oxygen atoms in total. The number of hydrogen-bond donors (Lipinski definition) is 0. The van der Waals surface area contributed by atoms with Gasteiger partial charge in [-0.25, -0.2) is 14.4 Å². The van der Waals surface area contributed by atoms with Crippen LogP contribution in [0.3, 0.4) is 0 Å². The summed E-state index contributed by atoms with van der Waals surface area (Å²) in [5.41, 5.74) is 1.25. The number of carbonyl (C=O) groups excluding carboxylic acids is 6. The minimum atomic E-state index is -0.709. The van der Waals surface area contributed by atoms with E-state index in [2.05, 4.69) is 0 Å². The molecule has 3 amide bonds. The summed E-state index contributed by atoms with van der Waals surface area (Å²) in [6, 6.07) is 29.3. The maximum absolute atomic E-state index is 14.0. The van der Waals surface area contributed by atoms with Crippen molar-refractivity contribution in [2.45, 2.75) is 217 Å². The Labute approximate surface area is 552 Å². The normalized spacial score (nSPS) is 18.3. The van der Waals surface area contributed by atoms with Gasteiger partial charge in [0.25, 0.3) is 0 Å². The largest absolute Gasteiger partial charge is 0.489 e. The summed E-state index contributed by atoms with van der Waals surface area (Å²) in [7, 11) is 0. The molecule has 0 aliphatic carbocycles. The average molecular weight is 1290 g/mol. The maximum atomic E-state index is 14.0. The van der Waals surface area contributed by atoms with E-state index in [1.54, 1.807) is 14.7 Å². The van der Waals surface area contributed by atoms with Crippen LogP contribution in [0.4, 0.5) is 14.4 Å². The summed E-state index contributed by atoms with van der Waals surface area (Å²) in [6.45, 7) is 36.3. The standard InChI is InChI=1S/C75H105N3O15/c1-70(2,3)88-64(79)61(55-28-31-76(43-55)67(82)91-73(10,11)12)37-49-22-19-25-52(34-49)46-85-58-40-59(86-47-53-26-20-23-50(35-53)38-62(65(80)89-71(4,5)6)56-29-32-77(44-56)68(83)92-74(13,14)15)42-60(41-58)87-48-54-27-21-24-51(36-54)39-63(66(81)90-72(7,8)9)57-30-33-78(45-57)69(84)93-75(16,17)18/h19-27,34-36,40-42,55-57,61-63H,28-33,37-39,43-48H2,1-18H3/t55-,56-,57-,61-,62-,63-/m0/s1. The first-order valence-electron chi connectivity index (χ1n) is 33.1. The highest BCUT2D eigenvalue weighted by atomic mass is 16.6. The third-order valence-corrected chi connectivity index (χ3v) is 15.9. The van der Waals surface area contributed by atoms with E-state index in [0.29, 0.717) is 95.0 Å². The molecule has 510 valence electrons. The Morgan fingerprint density at radius 1 is 0.344 bits per heavy atom. The molecule has 93 heavy (non-hydrogen) atoms. The van der Waals surface area contributed by atoms with Crippen molar-refractivity contribution in [1.29, 1.82) is 0 Å². The molecule has 0 bridgehead atoms. The SMILES string of the molecule is CC(C)(C)OC(=O)[C@@H](Cc1cccc(COc2cc(OCc3cccc(C[C@H](C(=O)OC(C)(C)C)[C@H]4CCN(C(=O)OC(C)(C)C)C4)c3)cc(OCc3cccc(C[C@H](C(=O)OC(C)(C)C)[C@H]4CCN(C(=O)OC(C)(C)C)C4)c3)c2)c1)[C@H]1CCN(C(=O)OC(C)(C)C)C1. The molecule has 4 aromatic rings. The molecule has 18 heteroatoms. The number of likely N-dealkylation sites (tertiary alicyclic amines) is 3. The molecular formula is C75H105N3O15. The predicted molar refractivity (Wildman–Crippen MR) is 356 cm³/mol. The van der Waals surface area contributed by atoms with E-state index in [1.165, 1.54) is 0 Å². The highest BCUT2D eigenvalue weighted by Crippen LogP contribution is 2.36. The molecule has 3 saturated heterocycles. The van der Waals surface area contributed by atoms with Crippen LogP contribution in [0.2, 0.25) is 0 Å². The highest BCUT2D eigenvalue weighted by Gasteiger charge is 2.42. The van der Waals surface area contributed by atoms with E-state index >= 15 is 0 Å². The van der Waals surface area contributed by atoms with Gasteiger partial charge in [0.15, 0.2) is 0 Å². The fourth-order valence-corrected chi connectivity index (χ4v) is 11.9. The van der Waals surface area contributed by atoms with Gasteiger partial charge in [0.05, 0.1) is 17.8 Å². The van der Waals surface area contributed by atoms with E-state index in [1.807, 2.05) is 216 Å². The second-order valence-electron chi connectivity index (χ2n) is 31.4. The number of carbonyl (C=O) groups is 6. The van der Waals surface area contributed by atoms with Crippen molar-refractivity contribution in [3.63, 3.8) is 0 Å². The quantitative estimate of drug-likeness (QED) is 0.0564. The van der Waals surface area contributed by atoms with Crippen molar-refractivity contribution in [2.75, 3.05) is 39.3 Å². The number of amides is 3. The monoisotopic (exact) mass is 1290 g/mol. The Bertz CT molecular complexity index is 2880. The first-order valence-corrected chi connectivity index (χ1v) is 33.1. The molecule has 3 aliphatic heterocycles. The maximum Gasteiger partial charge on any atom is 0.410 e. The first-order chi connectivity index (χ1) is 43.2.